The van der Waals surface area contributed by atoms with Crippen LogP contribution in [0.15, 0.2) is 59.8 Å². The fraction of sp³-hybridized carbons (Fsp3) is 0.304. The van der Waals surface area contributed by atoms with Crippen molar-refractivity contribution in [3.8, 4) is 0 Å². The standard InChI is InChI=1S/C23H22N2O6/c26-15-7-12-17(11-6-10-16-8-2-1-3-9-16)23(24-31,22(29)30)25-20(27)18-13-4-5-14-19(18)21(25)28/h1-5,8-9,13-15,17H,6-7,10-12H2,(H,29,30)/t17?,23-/m1/s1. The minimum Gasteiger partial charge on any atom is -0.478 e. The monoisotopic (exact) mass is 422 g/mol. The van der Waals surface area contributed by atoms with Crippen molar-refractivity contribution in [2.45, 2.75) is 37.8 Å². The summed E-state index contributed by atoms with van der Waals surface area (Å²) >= 11 is 0. The molecule has 0 saturated heterocycles. The van der Waals surface area contributed by atoms with E-state index in [2.05, 4.69) is 5.18 Å². The molecule has 0 fully saturated rings. The van der Waals surface area contributed by atoms with Gasteiger partial charge in [0, 0.05) is 12.3 Å². The van der Waals surface area contributed by atoms with E-state index in [-0.39, 0.29) is 30.4 Å². The summed E-state index contributed by atoms with van der Waals surface area (Å²) in [5.41, 5.74) is -1.55. The van der Waals surface area contributed by atoms with Crippen molar-refractivity contribution in [2.24, 2.45) is 11.1 Å². The third kappa shape index (κ3) is 4.01. The van der Waals surface area contributed by atoms with Crippen LogP contribution in [0.5, 0.6) is 0 Å². The van der Waals surface area contributed by atoms with E-state index in [0.717, 1.165) is 5.56 Å². The van der Waals surface area contributed by atoms with Gasteiger partial charge in [-0.2, -0.15) is 0 Å². The Labute approximate surface area is 178 Å². The van der Waals surface area contributed by atoms with Gasteiger partial charge in [-0.1, -0.05) is 42.5 Å². The third-order valence-electron chi connectivity index (χ3n) is 5.65. The van der Waals surface area contributed by atoms with Gasteiger partial charge in [-0.3, -0.25) is 9.59 Å². The summed E-state index contributed by atoms with van der Waals surface area (Å²) in [7, 11) is 0. The molecule has 2 aromatic carbocycles. The molecule has 0 saturated carbocycles. The van der Waals surface area contributed by atoms with Crippen molar-refractivity contribution in [1.29, 1.82) is 0 Å². The maximum atomic E-state index is 13.0. The minimum atomic E-state index is -2.63. The van der Waals surface area contributed by atoms with Crippen molar-refractivity contribution in [3.05, 3.63) is 76.2 Å². The van der Waals surface area contributed by atoms with Gasteiger partial charge in [0.15, 0.2) is 0 Å². The van der Waals surface area contributed by atoms with E-state index in [1.54, 1.807) is 12.1 Å². The molecule has 160 valence electrons. The second-order valence-electron chi connectivity index (χ2n) is 7.43. The van der Waals surface area contributed by atoms with Gasteiger partial charge in [0.2, 0.25) is 0 Å². The number of hydrogen-bond donors (Lipinski definition) is 1. The lowest BCUT2D eigenvalue weighted by atomic mass is 9.82. The molecule has 1 unspecified atom stereocenters. The summed E-state index contributed by atoms with van der Waals surface area (Å²) in [6.07, 6.45) is 1.88. The molecule has 1 N–H and O–H groups in total. The van der Waals surface area contributed by atoms with E-state index in [0.29, 0.717) is 24.0 Å². The lowest BCUT2D eigenvalue weighted by Gasteiger charge is -2.36. The Bertz CT molecular complexity index is 971. The third-order valence-corrected chi connectivity index (χ3v) is 5.65. The van der Waals surface area contributed by atoms with Crippen LogP contribution < -0.4 is 0 Å². The fourth-order valence-corrected chi connectivity index (χ4v) is 4.12. The maximum absolute atomic E-state index is 13.0. The Kier molecular flexibility index (Phi) is 6.69. The zero-order chi connectivity index (χ0) is 22.4. The van der Waals surface area contributed by atoms with E-state index in [9.17, 15) is 29.2 Å². The maximum Gasteiger partial charge on any atom is 0.357 e. The minimum absolute atomic E-state index is 0.00371. The number of nitrogens with zero attached hydrogens (tertiary/aromatic N) is 2. The summed E-state index contributed by atoms with van der Waals surface area (Å²) in [5.74, 6) is -4.45. The van der Waals surface area contributed by atoms with Gasteiger partial charge >= 0.3 is 5.97 Å². The van der Waals surface area contributed by atoms with Crippen LogP contribution in [0.3, 0.4) is 0 Å². The number of aliphatic carboxylic acids is 1. The number of amides is 2. The van der Waals surface area contributed by atoms with Crippen LogP contribution in [0, 0.1) is 10.8 Å². The molecule has 31 heavy (non-hydrogen) atoms. The van der Waals surface area contributed by atoms with Gasteiger partial charge in [-0.05, 0) is 48.6 Å². The van der Waals surface area contributed by atoms with Crippen molar-refractivity contribution in [1.82, 2.24) is 4.90 Å². The van der Waals surface area contributed by atoms with Gasteiger partial charge in [-0.15, -0.1) is 4.91 Å². The Hall–Kier alpha value is -3.68. The summed E-state index contributed by atoms with van der Waals surface area (Å²) in [6.45, 7) is 0. The van der Waals surface area contributed by atoms with Crippen LogP contribution in [0.4, 0.5) is 0 Å². The second-order valence-corrected chi connectivity index (χ2v) is 7.43. The van der Waals surface area contributed by atoms with Gasteiger partial charge in [0.25, 0.3) is 17.5 Å². The zero-order valence-electron chi connectivity index (χ0n) is 16.8. The van der Waals surface area contributed by atoms with E-state index in [4.69, 9.17) is 0 Å². The number of carbonyl (C=O) groups excluding carboxylic acids is 3. The highest BCUT2D eigenvalue weighted by atomic mass is 16.4. The largest absolute Gasteiger partial charge is 0.478 e. The van der Waals surface area contributed by atoms with Crippen LogP contribution in [0.1, 0.15) is 52.0 Å². The van der Waals surface area contributed by atoms with Crippen LogP contribution in [-0.4, -0.2) is 39.7 Å². The first-order valence-corrected chi connectivity index (χ1v) is 10.0. The molecule has 0 aliphatic carbocycles. The number of nitroso groups, excluding NO2 is 1. The molecular weight excluding hydrogens is 400 g/mol. The number of rotatable bonds is 11. The molecule has 0 spiro atoms. The molecule has 2 atom stereocenters. The molecule has 2 aromatic rings. The normalized spacial score (nSPS) is 15.8. The molecule has 0 bridgehead atoms. The summed E-state index contributed by atoms with van der Waals surface area (Å²) in [5, 5.41) is 12.9. The second kappa shape index (κ2) is 9.42. The van der Waals surface area contributed by atoms with Crippen molar-refractivity contribution in [2.75, 3.05) is 0 Å². The average Bonchev–Trinajstić information content (AvgIpc) is 3.04. The molecule has 1 aliphatic rings. The number of carboxylic acid groups (broad SMARTS) is 1. The van der Waals surface area contributed by atoms with Gasteiger partial charge < -0.3 is 9.90 Å². The topological polar surface area (TPSA) is 121 Å². The Morgan fingerprint density at radius 1 is 1.00 bits per heavy atom. The highest BCUT2D eigenvalue weighted by Crippen LogP contribution is 2.39. The number of benzene rings is 2. The fourth-order valence-electron chi connectivity index (χ4n) is 4.12. The SMILES string of the molecule is O=CCCC(CCCc1ccccc1)[C@](N=O)(C(=O)O)N1C(=O)c2ccccc2C1=O. The smallest absolute Gasteiger partial charge is 0.357 e. The number of aryl methyl sites for hydroxylation is 1. The molecule has 8 heteroatoms. The molecule has 0 radical (unpaired) electrons. The van der Waals surface area contributed by atoms with Gasteiger partial charge in [0.1, 0.15) is 6.29 Å². The number of aldehydes is 1. The molecular formula is C23H22N2O6. The zero-order valence-corrected chi connectivity index (χ0v) is 16.8. The highest BCUT2D eigenvalue weighted by Gasteiger charge is 2.59. The van der Waals surface area contributed by atoms with E-state index >= 15 is 0 Å². The molecule has 3 rings (SSSR count). The number of hydrogen-bond acceptors (Lipinski definition) is 6. The molecule has 1 aliphatic heterocycles. The van der Waals surface area contributed by atoms with Crippen LogP contribution in [-0.2, 0) is 16.0 Å². The van der Waals surface area contributed by atoms with Crippen LogP contribution in [0.25, 0.3) is 0 Å². The predicted molar refractivity (Wildman–Crippen MR) is 111 cm³/mol. The lowest BCUT2D eigenvalue weighted by Crippen LogP contribution is -2.60. The van der Waals surface area contributed by atoms with Crippen molar-refractivity contribution in [3.63, 3.8) is 0 Å². The quantitative estimate of drug-likeness (QED) is 0.336. The lowest BCUT2D eigenvalue weighted by molar-refractivity contribution is -0.152. The molecule has 0 aromatic heterocycles. The first-order chi connectivity index (χ1) is 15.0. The Morgan fingerprint density at radius 2 is 1.58 bits per heavy atom. The summed E-state index contributed by atoms with van der Waals surface area (Å²) in [6, 6.07) is 15.4. The van der Waals surface area contributed by atoms with Gasteiger partial charge in [0.05, 0.1) is 11.1 Å². The van der Waals surface area contributed by atoms with Crippen molar-refractivity contribution >= 4 is 24.1 Å². The number of carbonyl (C=O) groups is 4. The average molecular weight is 422 g/mol. The van der Waals surface area contributed by atoms with E-state index < -0.39 is 29.4 Å². The Morgan fingerprint density at radius 3 is 2.10 bits per heavy atom. The predicted octanol–water partition coefficient (Wildman–Crippen LogP) is 3.45. The number of fused-ring (bicyclic) bond motifs is 1. The molecule has 2 amide bonds. The summed E-state index contributed by atoms with van der Waals surface area (Å²) in [4.78, 5) is 61.9. The van der Waals surface area contributed by atoms with Crippen molar-refractivity contribution < 1.29 is 24.3 Å². The van der Waals surface area contributed by atoms with Crippen LogP contribution in [0.2, 0.25) is 0 Å². The highest BCUT2D eigenvalue weighted by molar-refractivity contribution is 6.23. The van der Waals surface area contributed by atoms with E-state index in [1.165, 1.54) is 12.1 Å². The van der Waals surface area contributed by atoms with Gasteiger partial charge in [-0.25, -0.2) is 9.69 Å². The molecule has 1 heterocycles. The Balaban J connectivity index is 1.95. The first-order valence-electron chi connectivity index (χ1n) is 10.0. The van der Waals surface area contributed by atoms with Crippen LogP contribution >= 0.6 is 0 Å². The van der Waals surface area contributed by atoms with E-state index in [1.807, 2.05) is 30.3 Å². The first kappa shape index (κ1) is 22.0. The summed E-state index contributed by atoms with van der Waals surface area (Å²) < 4.78 is 0. The number of imide groups is 1. The number of carboxylic acids is 1. The molecule has 8 nitrogen and oxygen atoms in total.